The van der Waals surface area contributed by atoms with Gasteiger partial charge < -0.3 is 4.57 Å². The maximum atomic E-state index is 15.1. The van der Waals surface area contributed by atoms with Gasteiger partial charge in [0.2, 0.25) is 10.0 Å². The minimum absolute atomic E-state index is 0.0397. The Labute approximate surface area is 194 Å². The van der Waals surface area contributed by atoms with Crippen molar-refractivity contribution in [3.8, 4) is 11.3 Å². The Kier molecular flexibility index (Phi) is 5.40. The molecule has 3 heterocycles. The average molecular weight is 522 g/mol. The summed E-state index contributed by atoms with van der Waals surface area (Å²) in [5.41, 5.74) is -3.27. The minimum Gasteiger partial charge on any atom is -0.329 e. The van der Waals surface area contributed by atoms with Gasteiger partial charge in [-0.05, 0) is 30.5 Å². The molecule has 2 aliphatic carbocycles. The van der Waals surface area contributed by atoms with Gasteiger partial charge in [-0.25, -0.2) is 40.7 Å². The highest BCUT2D eigenvalue weighted by Crippen LogP contribution is 2.47. The molecule has 5 rings (SSSR count). The Hall–Kier alpha value is -2.74. The molecule has 0 radical (unpaired) electrons. The predicted octanol–water partition coefficient (Wildman–Crippen LogP) is 4.95. The molecule has 1 N–H and O–H groups in total. The Bertz CT molecular complexity index is 1420. The topological polar surface area (TPSA) is 76.9 Å². The third kappa shape index (κ3) is 4.48. The molecule has 0 aliphatic heterocycles. The van der Waals surface area contributed by atoms with Crippen LogP contribution in [0.2, 0.25) is 0 Å². The molecule has 0 amide bonds. The van der Waals surface area contributed by atoms with Crippen molar-refractivity contribution in [3.05, 3.63) is 47.4 Å². The van der Waals surface area contributed by atoms with Crippen LogP contribution >= 0.6 is 0 Å². The Morgan fingerprint density at radius 2 is 1.83 bits per heavy atom. The number of aromatic nitrogens is 3. The molecular formula is C21H17F7N4O2S. The second-order valence-electron chi connectivity index (χ2n) is 8.78. The van der Waals surface area contributed by atoms with E-state index in [1.165, 1.54) is 10.8 Å². The molecule has 3 aromatic rings. The largest absolute Gasteiger partial charge is 0.434 e. The van der Waals surface area contributed by atoms with E-state index in [0.29, 0.717) is 25.1 Å². The molecule has 14 heteroatoms. The molecule has 3 aromatic heterocycles. The van der Waals surface area contributed by atoms with Crippen molar-refractivity contribution in [2.24, 2.45) is 0 Å². The first kappa shape index (κ1) is 24.0. The number of hydrogen-bond acceptors (Lipinski definition) is 4. The fourth-order valence-corrected chi connectivity index (χ4v) is 5.51. The lowest BCUT2D eigenvalue weighted by Gasteiger charge is -2.36. The van der Waals surface area contributed by atoms with Crippen molar-refractivity contribution in [2.75, 3.05) is 0 Å². The van der Waals surface area contributed by atoms with Crippen LogP contribution in [0.3, 0.4) is 0 Å². The third-order valence-corrected chi connectivity index (χ3v) is 8.00. The molecule has 0 saturated heterocycles. The number of rotatable bonds is 6. The van der Waals surface area contributed by atoms with Gasteiger partial charge in [-0.2, -0.15) is 13.2 Å². The summed E-state index contributed by atoms with van der Waals surface area (Å²) in [5, 5.41) is -0.498. The van der Waals surface area contributed by atoms with E-state index in [0.717, 1.165) is 6.07 Å². The van der Waals surface area contributed by atoms with Crippen LogP contribution in [-0.4, -0.2) is 34.1 Å². The first-order chi connectivity index (χ1) is 16.2. The molecule has 0 aromatic carbocycles. The van der Waals surface area contributed by atoms with Crippen LogP contribution in [0.1, 0.15) is 43.0 Å². The average Bonchev–Trinajstić information content (AvgIpc) is 3.53. The van der Waals surface area contributed by atoms with Crippen LogP contribution in [0.15, 0.2) is 24.5 Å². The zero-order chi connectivity index (χ0) is 25.3. The van der Waals surface area contributed by atoms with Crippen LogP contribution < -0.4 is 4.72 Å². The molecule has 35 heavy (non-hydrogen) atoms. The monoisotopic (exact) mass is 522 g/mol. The smallest absolute Gasteiger partial charge is 0.329 e. The molecule has 0 unspecified atom stereocenters. The molecule has 0 atom stereocenters. The number of fused-ring (bicyclic) bond motifs is 1. The Balaban J connectivity index is 1.64. The van der Waals surface area contributed by atoms with Crippen molar-refractivity contribution in [2.45, 2.75) is 55.6 Å². The molecule has 2 aliphatic rings. The first-order valence-corrected chi connectivity index (χ1v) is 12.1. The van der Waals surface area contributed by atoms with E-state index in [-0.39, 0.29) is 23.1 Å². The number of nitrogens with one attached hydrogen (secondary N) is 1. The maximum absolute atomic E-state index is 15.1. The van der Waals surface area contributed by atoms with Gasteiger partial charge in [0.05, 0.1) is 11.4 Å². The lowest BCUT2D eigenvalue weighted by Crippen LogP contribution is -2.36. The van der Waals surface area contributed by atoms with Gasteiger partial charge in [-0.3, -0.25) is 0 Å². The highest BCUT2D eigenvalue weighted by atomic mass is 32.2. The lowest BCUT2D eigenvalue weighted by atomic mass is 9.88. The number of nitrogens with zero attached hydrogens (tertiary/aromatic N) is 3. The SMILES string of the molecule is O=S(=O)(NCc1cn(C2CC(F)(F)C2)c2nc(-c3cc(F)cnc3C(F)(F)F)c(F)cc12)C1CC1. The van der Waals surface area contributed by atoms with E-state index >= 15 is 4.39 Å². The summed E-state index contributed by atoms with van der Waals surface area (Å²) >= 11 is 0. The van der Waals surface area contributed by atoms with Crippen molar-refractivity contribution in [1.29, 1.82) is 0 Å². The minimum atomic E-state index is -5.05. The quantitative estimate of drug-likeness (QED) is 0.465. The summed E-state index contributed by atoms with van der Waals surface area (Å²) in [7, 11) is -3.63. The number of pyridine rings is 2. The second-order valence-corrected chi connectivity index (χ2v) is 10.8. The molecule has 2 fully saturated rings. The van der Waals surface area contributed by atoms with Gasteiger partial charge in [0.15, 0.2) is 5.69 Å². The van der Waals surface area contributed by atoms with Crippen molar-refractivity contribution < 1.29 is 39.2 Å². The molecular weight excluding hydrogens is 505 g/mol. The van der Waals surface area contributed by atoms with E-state index < -0.39 is 74.8 Å². The fourth-order valence-electron chi connectivity index (χ4n) is 4.17. The number of sulfonamides is 1. The van der Waals surface area contributed by atoms with Gasteiger partial charge in [0.25, 0.3) is 5.92 Å². The lowest BCUT2D eigenvalue weighted by molar-refractivity contribution is -0.140. The second kappa shape index (κ2) is 7.88. The van der Waals surface area contributed by atoms with Crippen molar-refractivity contribution >= 4 is 21.1 Å². The number of alkyl halides is 5. The van der Waals surface area contributed by atoms with Gasteiger partial charge in [0.1, 0.15) is 23.0 Å². The highest BCUT2D eigenvalue weighted by Gasteiger charge is 2.47. The summed E-state index contributed by atoms with van der Waals surface area (Å²) in [6.07, 6.45) is -3.53. The summed E-state index contributed by atoms with van der Waals surface area (Å²) in [6, 6.07) is 0.499. The summed E-state index contributed by atoms with van der Waals surface area (Å²) < 4.78 is 124. The van der Waals surface area contributed by atoms with Gasteiger partial charge in [0, 0.05) is 42.6 Å². The van der Waals surface area contributed by atoms with Crippen molar-refractivity contribution in [3.63, 3.8) is 0 Å². The molecule has 188 valence electrons. The van der Waals surface area contributed by atoms with Crippen LogP contribution in [0.5, 0.6) is 0 Å². The van der Waals surface area contributed by atoms with E-state index in [1.807, 2.05) is 0 Å². The van der Waals surface area contributed by atoms with E-state index in [1.54, 1.807) is 0 Å². The van der Waals surface area contributed by atoms with Crippen LogP contribution in [0.25, 0.3) is 22.3 Å². The normalized spacial score (nSPS) is 18.7. The molecule has 6 nitrogen and oxygen atoms in total. The molecule has 0 spiro atoms. The van der Waals surface area contributed by atoms with Gasteiger partial charge in [-0.15, -0.1) is 0 Å². The van der Waals surface area contributed by atoms with E-state index in [9.17, 15) is 34.8 Å². The Morgan fingerprint density at radius 1 is 1.14 bits per heavy atom. The van der Waals surface area contributed by atoms with Gasteiger partial charge >= 0.3 is 6.18 Å². The zero-order valence-corrected chi connectivity index (χ0v) is 18.5. The first-order valence-electron chi connectivity index (χ1n) is 10.5. The Morgan fingerprint density at radius 3 is 2.43 bits per heavy atom. The molecule has 2 saturated carbocycles. The predicted molar refractivity (Wildman–Crippen MR) is 110 cm³/mol. The fraction of sp³-hybridized carbons (Fsp3) is 0.429. The summed E-state index contributed by atoms with van der Waals surface area (Å²) in [5.74, 6) is -5.34. The third-order valence-electron chi connectivity index (χ3n) is 6.11. The van der Waals surface area contributed by atoms with Crippen LogP contribution in [-0.2, 0) is 22.7 Å². The van der Waals surface area contributed by atoms with E-state index in [2.05, 4.69) is 14.7 Å². The molecule has 0 bridgehead atoms. The van der Waals surface area contributed by atoms with Gasteiger partial charge in [-0.1, -0.05) is 0 Å². The van der Waals surface area contributed by atoms with Crippen LogP contribution in [0, 0.1) is 11.6 Å². The van der Waals surface area contributed by atoms with Crippen LogP contribution in [0.4, 0.5) is 30.7 Å². The number of hydrogen-bond donors (Lipinski definition) is 1. The number of halogens is 7. The summed E-state index contributed by atoms with van der Waals surface area (Å²) in [6.45, 7) is -0.290. The highest BCUT2D eigenvalue weighted by molar-refractivity contribution is 7.90. The zero-order valence-electron chi connectivity index (χ0n) is 17.7. The van der Waals surface area contributed by atoms with Crippen molar-refractivity contribution in [1.82, 2.24) is 19.3 Å². The standard InChI is InChI=1S/C21H17F7N4O2S/c22-11-3-15(18(29-8-11)21(26,27)28)17-16(23)4-14-10(7-30-35(33,34)13-1-2-13)9-32(19(14)31-17)12-5-20(24,25)6-12/h3-4,8-9,12-13,30H,1-2,5-7H2. The maximum Gasteiger partial charge on any atom is 0.434 e. The summed E-state index contributed by atoms with van der Waals surface area (Å²) in [4.78, 5) is 7.03. The van der Waals surface area contributed by atoms with E-state index in [4.69, 9.17) is 0 Å².